The molecular weight excluding hydrogens is 526 g/mol. The molecule has 14 heteroatoms. The third-order valence-corrected chi connectivity index (χ3v) is 6.82. The van der Waals surface area contributed by atoms with Crippen LogP contribution in [0.25, 0.3) is 0 Å². The Morgan fingerprint density at radius 3 is 1.76 bits per heavy atom. The monoisotopic (exact) mass is 550 g/mol. The lowest BCUT2D eigenvalue weighted by Crippen LogP contribution is -2.50. The van der Waals surface area contributed by atoms with Crippen LogP contribution in [0.5, 0.6) is 11.5 Å². The molecule has 2 aromatic carbocycles. The molecule has 0 aliphatic heterocycles. The molecule has 3 rings (SSSR count). The summed E-state index contributed by atoms with van der Waals surface area (Å²) in [5.41, 5.74) is -1.41. The Hall–Kier alpha value is -3.13. The first-order chi connectivity index (χ1) is 17.0. The normalized spacial score (nSPS) is 13.9. The Morgan fingerprint density at radius 2 is 1.38 bits per heavy atom. The lowest BCUT2D eigenvalue weighted by Gasteiger charge is -2.38. The zero-order chi connectivity index (χ0) is 27.6. The molecule has 0 saturated heterocycles. The number of hydrogen-bond acceptors (Lipinski definition) is 5. The lowest BCUT2D eigenvalue weighted by molar-refractivity contribution is -0.275. The molecule has 37 heavy (non-hydrogen) atoms. The van der Waals surface area contributed by atoms with Crippen molar-refractivity contribution in [3.05, 3.63) is 71.8 Å². The fraction of sp³-hybridized carbons (Fsp3) is 0.391. The minimum absolute atomic E-state index is 0.124. The molecule has 0 spiro atoms. The van der Waals surface area contributed by atoms with E-state index in [9.17, 15) is 30.6 Å². The van der Waals surface area contributed by atoms with Gasteiger partial charge in [0, 0.05) is 13.5 Å². The minimum atomic E-state index is -4.99. The van der Waals surface area contributed by atoms with Gasteiger partial charge in [-0.15, -0.1) is 26.3 Å². The van der Waals surface area contributed by atoms with E-state index in [0.717, 1.165) is 24.3 Å². The predicted molar refractivity (Wildman–Crippen MR) is 123 cm³/mol. The highest BCUT2D eigenvalue weighted by atomic mass is 32.2. The fourth-order valence-electron chi connectivity index (χ4n) is 3.47. The Labute approximate surface area is 211 Å². The summed E-state index contributed by atoms with van der Waals surface area (Å²) >= 11 is 0. The molecule has 3 aromatic rings. The SMILES string of the molecule is Cn1ncnc1CC(N[S@@](=O)C(C)(C)C)(c1cccc(OC(F)(F)F)c1)c1cccc(OC(F)(F)F)c1. The lowest BCUT2D eigenvalue weighted by atomic mass is 9.80. The molecule has 0 radical (unpaired) electrons. The zero-order valence-corrected chi connectivity index (χ0v) is 21.0. The molecule has 0 aliphatic rings. The Morgan fingerprint density at radius 1 is 0.892 bits per heavy atom. The largest absolute Gasteiger partial charge is 0.573 e. The van der Waals surface area contributed by atoms with Gasteiger partial charge in [0.1, 0.15) is 23.7 Å². The predicted octanol–water partition coefficient (Wildman–Crippen LogP) is 5.15. The van der Waals surface area contributed by atoms with Crippen molar-refractivity contribution < 1.29 is 40.0 Å². The second-order valence-corrected chi connectivity index (χ2v) is 11.0. The van der Waals surface area contributed by atoms with Crippen LogP contribution >= 0.6 is 0 Å². The molecule has 7 nitrogen and oxygen atoms in total. The molecule has 0 aliphatic carbocycles. The number of halogens is 6. The summed E-state index contributed by atoms with van der Waals surface area (Å²) in [5, 5.41) is 4.00. The van der Waals surface area contributed by atoms with E-state index in [-0.39, 0.29) is 17.5 Å². The molecule has 0 amide bonds. The summed E-state index contributed by atoms with van der Waals surface area (Å²) in [5.74, 6) is -0.834. The third-order valence-electron chi connectivity index (χ3n) is 5.17. The van der Waals surface area contributed by atoms with E-state index in [1.807, 2.05) is 0 Å². The standard InChI is InChI=1S/C23H24F6N4O3S/c1-20(2,3)37(34)32-21(13-19-30-14-31-33(19)4,15-7-5-9-17(11-15)35-22(24,25)26)16-8-6-10-18(12-16)36-23(27,28)29/h5-12,14,32H,13H2,1-4H3/t37-/m0/s1. The maximum atomic E-state index is 13.4. The van der Waals surface area contributed by atoms with Gasteiger partial charge < -0.3 is 9.47 Å². The van der Waals surface area contributed by atoms with E-state index >= 15 is 0 Å². The number of hydrogen-bond donors (Lipinski definition) is 1. The number of nitrogens with one attached hydrogen (secondary N) is 1. The van der Waals surface area contributed by atoms with E-state index < -0.39 is 45.5 Å². The van der Waals surface area contributed by atoms with E-state index in [0.29, 0.717) is 5.82 Å². The maximum Gasteiger partial charge on any atom is 0.573 e. The number of aryl methyl sites for hydroxylation is 1. The molecule has 1 aromatic heterocycles. The highest BCUT2D eigenvalue weighted by Crippen LogP contribution is 2.39. The van der Waals surface area contributed by atoms with Crippen LogP contribution in [0, 0.1) is 0 Å². The number of nitrogens with zero attached hydrogens (tertiary/aromatic N) is 3. The average Bonchev–Trinajstić information content (AvgIpc) is 3.14. The van der Waals surface area contributed by atoms with Gasteiger partial charge in [-0.2, -0.15) is 5.10 Å². The Balaban J connectivity index is 2.30. The van der Waals surface area contributed by atoms with Crippen LogP contribution in [-0.2, 0) is 30.0 Å². The molecular formula is C23H24F6N4O3S. The minimum Gasteiger partial charge on any atom is -0.406 e. The highest BCUT2D eigenvalue weighted by Gasteiger charge is 2.41. The van der Waals surface area contributed by atoms with Crippen LogP contribution in [0.4, 0.5) is 26.3 Å². The van der Waals surface area contributed by atoms with E-state index in [1.165, 1.54) is 35.3 Å². The quantitative estimate of drug-likeness (QED) is 0.393. The number of aromatic nitrogens is 3. The molecule has 0 bridgehead atoms. The topological polar surface area (TPSA) is 78.3 Å². The van der Waals surface area contributed by atoms with Crippen LogP contribution in [-0.4, -0.2) is 36.4 Å². The van der Waals surface area contributed by atoms with E-state index in [4.69, 9.17) is 0 Å². The van der Waals surface area contributed by atoms with Gasteiger partial charge in [-0.25, -0.2) is 13.9 Å². The van der Waals surface area contributed by atoms with Crippen LogP contribution in [0.1, 0.15) is 37.7 Å². The summed E-state index contributed by atoms with van der Waals surface area (Å²) < 4.78 is 103. The van der Waals surface area contributed by atoms with Gasteiger partial charge in [0.25, 0.3) is 0 Å². The van der Waals surface area contributed by atoms with Gasteiger partial charge in [-0.3, -0.25) is 4.68 Å². The van der Waals surface area contributed by atoms with E-state index in [2.05, 4.69) is 24.3 Å². The van der Waals surface area contributed by atoms with Crippen molar-refractivity contribution in [2.75, 3.05) is 0 Å². The molecule has 1 heterocycles. The second-order valence-electron chi connectivity index (χ2n) is 9.02. The van der Waals surface area contributed by atoms with Gasteiger partial charge in [0.05, 0.1) is 21.3 Å². The number of benzene rings is 2. The number of ether oxygens (including phenoxy) is 2. The van der Waals surface area contributed by atoms with Crippen LogP contribution in [0.15, 0.2) is 54.9 Å². The van der Waals surface area contributed by atoms with Gasteiger partial charge >= 0.3 is 12.7 Å². The molecule has 202 valence electrons. The fourth-order valence-corrected chi connectivity index (χ4v) is 4.40. The molecule has 1 atom stereocenters. The third kappa shape index (κ3) is 7.44. The van der Waals surface area contributed by atoms with Crippen molar-refractivity contribution in [1.29, 1.82) is 0 Å². The molecule has 0 unspecified atom stereocenters. The summed E-state index contributed by atoms with van der Waals surface area (Å²) in [6.45, 7) is 4.99. The molecule has 0 fully saturated rings. The molecule has 1 N–H and O–H groups in total. The van der Waals surface area contributed by atoms with Crippen molar-refractivity contribution in [2.24, 2.45) is 7.05 Å². The average molecular weight is 551 g/mol. The first-order valence-electron chi connectivity index (χ1n) is 10.7. The van der Waals surface area contributed by atoms with Gasteiger partial charge in [-0.05, 0) is 56.2 Å². The van der Waals surface area contributed by atoms with E-state index in [1.54, 1.807) is 27.8 Å². The summed E-state index contributed by atoms with van der Waals surface area (Å²) in [6, 6.07) is 9.79. The highest BCUT2D eigenvalue weighted by molar-refractivity contribution is 7.84. The second kappa shape index (κ2) is 10.3. The van der Waals surface area contributed by atoms with Gasteiger partial charge in [0.2, 0.25) is 0 Å². The Kier molecular flexibility index (Phi) is 7.94. The summed E-state index contributed by atoms with van der Waals surface area (Å²) in [6.07, 6.45) is -8.90. The maximum absolute atomic E-state index is 13.4. The van der Waals surface area contributed by atoms with Crippen molar-refractivity contribution in [1.82, 2.24) is 19.5 Å². The van der Waals surface area contributed by atoms with Crippen LogP contribution in [0.3, 0.4) is 0 Å². The van der Waals surface area contributed by atoms with Crippen molar-refractivity contribution >= 4 is 11.0 Å². The zero-order valence-electron chi connectivity index (χ0n) is 20.1. The smallest absolute Gasteiger partial charge is 0.406 e. The summed E-state index contributed by atoms with van der Waals surface area (Å²) in [7, 11) is -0.291. The first-order valence-corrected chi connectivity index (χ1v) is 11.9. The van der Waals surface area contributed by atoms with Crippen molar-refractivity contribution in [3.8, 4) is 11.5 Å². The van der Waals surface area contributed by atoms with Crippen LogP contribution < -0.4 is 14.2 Å². The van der Waals surface area contributed by atoms with Gasteiger partial charge in [0.15, 0.2) is 0 Å². The van der Waals surface area contributed by atoms with Crippen molar-refractivity contribution in [2.45, 2.75) is 50.2 Å². The number of rotatable bonds is 8. The van der Waals surface area contributed by atoms with Gasteiger partial charge in [-0.1, -0.05) is 24.3 Å². The summed E-state index contributed by atoms with van der Waals surface area (Å²) in [4.78, 5) is 4.18. The molecule has 0 saturated carbocycles. The van der Waals surface area contributed by atoms with Crippen molar-refractivity contribution in [3.63, 3.8) is 0 Å². The Bertz CT molecular complexity index is 1190. The number of alkyl halides is 6. The first kappa shape index (κ1) is 28.4. The van der Waals surface area contributed by atoms with Crippen LogP contribution in [0.2, 0.25) is 0 Å².